The standard InChI is InChI=1S/C13H19BrN2O2/c1-9(2)16(6-7-18-3)13(17)10-4-5-11(14)12(15)8-10/h4-5,8-9H,6-7,15H2,1-3H3. The van der Waals surface area contributed by atoms with Crippen LogP contribution >= 0.6 is 15.9 Å². The molecule has 0 atom stereocenters. The second-order valence-electron chi connectivity index (χ2n) is 4.32. The van der Waals surface area contributed by atoms with Crippen molar-refractivity contribution in [3.8, 4) is 0 Å². The van der Waals surface area contributed by atoms with Crippen molar-refractivity contribution in [2.45, 2.75) is 19.9 Å². The van der Waals surface area contributed by atoms with Crippen LogP contribution in [-0.4, -0.2) is 37.1 Å². The van der Waals surface area contributed by atoms with E-state index >= 15 is 0 Å². The Kier molecular flexibility index (Phi) is 5.62. The zero-order chi connectivity index (χ0) is 13.7. The molecule has 0 aromatic heterocycles. The second-order valence-corrected chi connectivity index (χ2v) is 5.18. The molecule has 0 aliphatic carbocycles. The van der Waals surface area contributed by atoms with Gasteiger partial charge in [-0.2, -0.15) is 0 Å². The van der Waals surface area contributed by atoms with Crippen LogP contribution in [0.4, 0.5) is 5.69 Å². The highest BCUT2D eigenvalue weighted by molar-refractivity contribution is 9.10. The third-order valence-electron chi connectivity index (χ3n) is 2.66. The summed E-state index contributed by atoms with van der Waals surface area (Å²) in [6.45, 7) is 5.06. The predicted octanol–water partition coefficient (Wildman–Crippen LogP) is 2.53. The number of benzene rings is 1. The van der Waals surface area contributed by atoms with Gasteiger partial charge in [0.1, 0.15) is 0 Å². The molecule has 2 N–H and O–H groups in total. The molecule has 0 heterocycles. The summed E-state index contributed by atoms with van der Waals surface area (Å²) in [7, 11) is 1.63. The average molecular weight is 315 g/mol. The molecule has 0 unspecified atom stereocenters. The molecule has 4 nitrogen and oxygen atoms in total. The van der Waals surface area contributed by atoms with Gasteiger partial charge < -0.3 is 15.4 Å². The van der Waals surface area contributed by atoms with Crippen LogP contribution in [0.3, 0.4) is 0 Å². The van der Waals surface area contributed by atoms with Gasteiger partial charge in [-0.15, -0.1) is 0 Å². The maximum atomic E-state index is 12.4. The largest absolute Gasteiger partial charge is 0.398 e. The number of rotatable bonds is 5. The van der Waals surface area contributed by atoms with E-state index in [-0.39, 0.29) is 11.9 Å². The SMILES string of the molecule is COCCN(C(=O)c1ccc(Br)c(N)c1)C(C)C. The van der Waals surface area contributed by atoms with Crippen LogP contribution in [0, 0.1) is 0 Å². The lowest BCUT2D eigenvalue weighted by Crippen LogP contribution is -2.39. The van der Waals surface area contributed by atoms with Gasteiger partial charge in [-0.3, -0.25) is 4.79 Å². The van der Waals surface area contributed by atoms with Crippen LogP contribution < -0.4 is 5.73 Å². The van der Waals surface area contributed by atoms with Crippen LogP contribution in [0.1, 0.15) is 24.2 Å². The first-order valence-electron chi connectivity index (χ1n) is 5.82. The van der Waals surface area contributed by atoms with Crippen molar-refractivity contribution >= 4 is 27.5 Å². The fourth-order valence-electron chi connectivity index (χ4n) is 1.63. The zero-order valence-corrected chi connectivity index (χ0v) is 12.5. The van der Waals surface area contributed by atoms with Gasteiger partial charge in [0.15, 0.2) is 0 Å². The number of carbonyl (C=O) groups excluding carboxylic acids is 1. The predicted molar refractivity (Wildman–Crippen MR) is 76.6 cm³/mol. The molecule has 0 radical (unpaired) electrons. The fourth-order valence-corrected chi connectivity index (χ4v) is 1.87. The number of methoxy groups -OCH3 is 1. The lowest BCUT2D eigenvalue weighted by Gasteiger charge is -2.26. The van der Waals surface area contributed by atoms with E-state index in [1.807, 2.05) is 13.8 Å². The normalized spacial score (nSPS) is 10.7. The molecule has 0 saturated heterocycles. The van der Waals surface area contributed by atoms with Crippen LogP contribution in [-0.2, 0) is 4.74 Å². The first-order chi connectivity index (χ1) is 8.47. The topological polar surface area (TPSA) is 55.6 Å². The highest BCUT2D eigenvalue weighted by atomic mass is 79.9. The highest BCUT2D eigenvalue weighted by Gasteiger charge is 2.18. The Balaban J connectivity index is 2.91. The molecule has 1 amide bonds. The van der Waals surface area contributed by atoms with Gasteiger partial charge in [0.2, 0.25) is 0 Å². The number of anilines is 1. The summed E-state index contributed by atoms with van der Waals surface area (Å²) < 4.78 is 5.82. The third kappa shape index (κ3) is 3.71. The number of ether oxygens (including phenoxy) is 1. The summed E-state index contributed by atoms with van der Waals surface area (Å²) in [6, 6.07) is 5.37. The molecule has 0 bridgehead atoms. The lowest BCUT2D eigenvalue weighted by molar-refractivity contribution is 0.0635. The van der Waals surface area contributed by atoms with Crippen molar-refractivity contribution in [1.29, 1.82) is 0 Å². The zero-order valence-electron chi connectivity index (χ0n) is 10.9. The van der Waals surface area contributed by atoms with E-state index in [1.165, 1.54) is 0 Å². The summed E-state index contributed by atoms with van der Waals surface area (Å²) in [5.41, 5.74) is 6.96. The molecular weight excluding hydrogens is 296 g/mol. The molecule has 1 rings (SSSR count). The van der Waals surface area contributed by atoms with E-state index in [1.54, 1.807) is 30.2 Å². The number of carbonyl (C=O) groups is 1. The van der Waals surface area contributed by atoms with Gasteiger partial charge in [-0.25, -0.2) is 0 Å². The molecule has 1 aromatic rings. The number of nitrogen functional groups attached to an aromatic ring is 1. The van der Waals surface area contributed by atoms with Crippen molar-refractivity contribution in [2.24, 2.45) is 0 Å². The van der Waals surface area contributed by atoms with Crippen molar-refractivity contribution in [1.82, 2.24) is 4.90 Å². The Morgan fingerprint density at radius 3 is 2.67 bits per heavy atom. The summed E-state index contributed by atoms with van der Waals surface area (Å²) in [4.78, 5) is 14.1. The molecular formula is C13H19BrN2O2. The highest BCUT2D eigenvalue weighted by Crippen LogP contribution is 2.21. The summed E-state index contributed by atoms with van der Waals surface area (Å²) in [5.74, 6) is -0.0266. The van der Waals surface area contributed by atoms with Gasteiger partial charge in [-0.05, 0) is 48.0 Å². The maximum absolute atomic E-state index is 12.4. The van der Waals surface area contributed by atoms with E-state index in [9.17, 15) is 4.79 Å². The molecule has 5 heteroatoms. The molecule has 18 heavy (non-hydrogen) atoms. The monoisotopic (exact) mass is 314 g/mol. The van der Waals surface area contributed by atoms with Gasteiger partial charge >= 0.3 is 0 Å². The molecule has 0 fully saturated rings. The fraction of sp³-hybridized carbons (Fsp3) is 0.462. The van der Waals surface area contributed by atoms with Crippen LogP contribution in [0.25, 0.3) is 0 Å². The minimum absolute atomic E-state index is 0.0266. The van der Waals surface area contributed by atoms with Crippen molar-refractivity contribution in [2.75, 3.05) is 26.0 Å². The van der Waals surface area contributed by atoms with Crippen molar-refractivity contribution < 1.29 is 9.53 Å². The van der Waals surface area contributed by atoms with Gasteiger partial charge in [0.25, 0.3) is 5.91 Å². The van der Waals surface area contributed by atoms with Gasteiger partial charge in [-0.1, -0.05) is 0 Å². The molecule has 0 aliphatic rings. The van der Waals surface area contributed by atoms with E-state index < -0.39 is 0 Å². The summed E-state index contributed by atoms with van der Waals surface area (Å²) in [6.07, 6.45) is 0. The molecule has 1 aromatic carbocycles. The van der Waals surface area contributed by atoms with Crippen LogP contribution in [0.2, 0.25) is 0 Å². The smallest absolute Gasteiger partial charge is 0.254 e. The molecule has 0 aliphatic heterocycles. The minimum atomic E-state index is -0.0266. The van der Waals surface area contributed by atoms with E-state index in [0.29, 0.717) is 24.4 Å². The number of nitrogens with two attached hydrogens (primary N) is 1. The Hall–Kier alpha value is -1.07. The number of hydrogen-bond donors (Lipinski definition) is 1. The molecule has 0 saturated carbocycles. The Morgan fingerprint density at radius 1 is 1.50 bits per heavy atom. The van der Waals surface area contributed by atoms with E-state index in [0.717, 1.165) is 4.47 Å². The quantitative estimate of drug-likeness (QED) is 0.850. The Morgan fingerprint density at radius 2 is 2.17 bits per heavy atom. The first-order valence-corrected chi connectivity index (χ1v) is 6.61. The number of nitrogens with zero attached hydrogens (tertiary/aromatic N) is 1. The number of hydrogen-bond acceptors (Lipinski definition) is 3. The number of amides is 1. The van der Waals surface area contributed by atoms with Crippen molar-refractivity contribution in [3.05, 3.63) is 28.2 Å². The van der Waals surface area contributed by atoms with Crippen molar-refractivity contribution in [3.63, 3.8) is 0 Å². The maximum Gasteiger partial charge on any atom is 0.254 e. The summed E-state index contributed by atoms with van der Waals surface area (Å²) >= 11 is 3.32. The van der Waals surface area contributed by atoms with Gasteiger partial charge in [0, 0.05) is 35.4 Å². The Bertz CT molecular complexity index is 421. The number of halogens is 1. The lowest BCUT2D eigenvalue weighted by atomic mass is 10.1. The van der Waals surface area contributed by atoms with Gasteiger partial charge in [0.05, 0.1) is 6.61 Å². The second kappa shape index (κ2) is 6.75. The average Bonchev–Trinajstić information content (AvgIpc) is 2.32. The van der Waals surface area contributed by atoms with Crippen LogP contribution in [0.15, 0.2) is 22.7 Å². The van der Waals surface area contributed by atoms with Crippen LogP contribution in [0.5, 0.6) is 0 Å². The van der Waals surface area contributed by atoms with E-state index in [2.05, 4.69) is 15.9 Å². The first kappa shape index (κ1) is 15.0. The molecule has 0 spiro atoms. The Labute approximate surface area is 116 Å². The summed E-state index contributed by atoms with van der Waals surface area (Å²) in [5, 5.41) is 0. The molecule has 100 valence electrons. The van der Waals surface area contributed by atoms with E-state index in [4.69, 9.17) is 10.5 Å². The third-order valence-corrected chi connectivity index (χ3v) is 3.39. The minimum Gasteiger partial charge on any atom is -0.398 e.